The van der Waals surface area contributed by atoms with Gasteiger partial charge in [0, 0.05) is 17.0 Å². The number of hydrogen-bond acceptors (Lipinski definition) is 1. The van der Waals surface area contributed by atoms with Gasteiger partial charge in [0.15, 0.2) is 0 Å². The van der Waals surface area contributed by atoms with Crippen LogP contribution < -0.4 is 0 Å². The summed E-state index contributed by atoms with van der Waals surface area (Å²) in [6.45, 7) is 0. The van der Waals surface area contributed by atoms with Crippen molar-refractivity contribution in [3.05, 3.63) is 78.9 Å². The fourth-order valence-corrected chi connectivity index (χ4v) is 2.51. The monoisotopic (exact) mass is 254 g/mol. The molecule has 4 aromatic rings. The van der Waals surface area contributed by atoms with Crippen molar-refractivity contribution in [2.45, 2.75) is 0 Å². The van der Waals surface area contributed by atoms with Gasteiger partial charge in [-0.3, -0.25) is 0 Å². The molecule has 0 aliphatic carbocycles. The Morgan fingerprint density at radius 3 is 2.45 bits per heavy atom. The zero-order valence-corrected chi connectivity index (χ0v) is 10.9. The first-order chi connectivity index (χ1) is 9.90. The van der Waals surface area contributed by atoms with Crippen molar-refractivity contribution in [2.24, 2.45) is 0 Å². The zero-order valence-electron chi connectivity index (χ0n) is 10.9. The third-order valence-corrected chi connectivity index (χ3v) is 3.56. The maximum Gasteiger partial charge on any atom is 0.0788 e. The van der Waals surface area contributed by atoms with Gasteiger partial charge in [-0.2, -0.15) is 0 Å². The van der Waals surface area contributed by atoms with E-state index in [0.29, 0.717) is 0 Å². The van der Waals surface area contributed by atoms with Gasteiger partial charge >= 0.3 is 0 Å². The van der Waals surface area contributed by atoms with Crippen LogP contribution in [0.15, 0.2) is 72.8 Å². The number of benzene rings is 3. The topological polar surface area (TPSA) is 12.9 Å². The molecule has 4 rings (SSSR count). The van der Waals surface area contributed by atoms with Crippen LogP contribution >= 0.6 is 0 Å². The lowest BCUT2D eigenvalue weighted by Gasteiger charge is -2.05. The predicted molar refractivity (Wildman–Crippen MR) is 83.5 cm³/mol. The number of pyridine rings is 1. The highest BCUT2D eigenvalue weighted by Gasteiger charge is 2.02. The van der Waals surface area contributed by atoms with Crippen molar-refractivity contribution in [3.8, 4) is 11.3 Å². The summed E-state index contributed by atoms with van der Waals surface area (Å²) >= 11 is 0. The van der Waals surface area contributed by atoms with Gasteiger partial charge in [0.1, 0.15) is 0 Å². The molecule has 0 aliphatic heterocycles. The molecule has 0 saturated heterocycles. The van der Waals surface area contributed by atoms with Crippen LogP contribution in [0.3, 0.4) is 0 Å². The number of hydrogen-bond donors (Lipinski definition) is 0. The van der Waals surface area contributed by atoms with E-state index in [4.69, 9.17) is 4.98 Å². The van der Waals surface area contributed by atoms with Crippen LogP contribution in [0.5, 0.6) is 0 Å². The van der Waals surface area contributed by atoms with Crippen molar-refractivity contribution >= 4 is 21.7 Å². The molecule has 93 valence electrons. The minimum Gasteiger partial charge on any atom is -0.247 e. The second-order valence-electron chi connectivity index (χ2n) is 4.87. The molecule has 0 N–H and O–H groups in total. The van der Waals surface area contributed by atoms with E-state index in [-0.39, 0.29) is 0 Å². The average Bonchev–Trinajstić information content (AvgIpc) is 2.54. The Morgan fingerprint density at radius 2 is 1.50 bits per heavy atom. The second-order valence-corrected chi connectivity index (χ2v) is 4.87. The lowest BCUT2D eigenvalue weighted by atomic mass is 10.0. The van der Waals surface area contributed by atoms with Gasteiger partial charge in [-0.25, -0.2) is 4.98 Å². The molecule has 0 spiro atoms. The van der Waals surface area contributed by atoms with E-state index < -0.39 is 0 Å². The average molecular weight is 254 g/mol. The van der Waals surface area contributed by atoms with Crippen LogP contribution in [0.2, 0.25) is 0 Å². The van der Waals surface area contributed by atoms with Gasteiger partial charge in [-0.15, -0.1) is 0 Å². The van der Waals surface area contributed by atoms with Crippen LogP contribution in [0.1, 0.15) is 0 Å². The molecule has 0 saturated carbocycles. The third kappa shape index (κ3) is 1.84. The Morgan fingerprint density at radius 1 is 0.700 bits per heavy atom. The fourth-order valence-electron chi connectivity index (χ4n) is 2.51. The number of para-hydroxylation sites is 1. The highest BCUT2D eigenvalue weighted by molar-refractivity contribution is 5.88. The molecule has 1 nitrogen and oxygen atoms in total. The van der Waals surface area contributed by atoms with Crippen LogP contribution in [-0.4, -0.2) is 4.98 Å². The molecule has 1 heterocycles. The van der Waals surface area contributed by atoms with Gasteiger partial charge in [-0.1, -0.05) is 60.7 Å². The Kier molecular flexibility index (Phi) is 2.49. The summed E-state index contributed by atoms with van der Waals surface area (Å²) in [6.07, 6.45) is 0. The Hall–Kier alpha value is -2.67. The lowest BCUT2D eigenvalue weighted by molar-refractivity contribution is 1.40. The van der Waals surface area contributed by atoms with E-state index in [1.54, 1.807) is 0 Å². The van der Waals surface area contributed by atoms with Gasteiger partial charge in [0.25, 0.3) is 0 Å². The molecule has 1 heteroatoms. The highest BCUT2D eigenvalue weighted by atomic mass is 14.7. The minimum absolute atomic E-state index is 0.915. The van der Waals surface area contributed by atoms with Crippen molar-refractivity contribution in [3.63, 3.8) is 0 Å². The van der Waals surface area contributed by atoms with Crippen molar-refractivity contribution < 1.29 is 0 Å². The molecule has 0 atom stereocenters. The Balaban J connectivity index is 1.91. The molecular formula is C19H12N. The maximum absolute atomic E-state index is 4.70. The lowest BCUT2D eigenvalue weighted by Crippen LogP contribution is -1.85. The van der Waals surface area contributed by atoms with Crippen LogP contribution in [0.25, 0.3) is 32.9 Å². The quantitative estimate of drug-likeness (QED) is 0.473. The first-order valence-electron chi connectivity index (χ1n) is 6.67. The summed E-state index contributed by atoms with van der Waals surface area (Å²) < 4.78 is 0. The van der Waals surface area contributed by atoms with E-state index in [2.05, 4.69) is 66.7 Å². The largest absolute Gasteiger partial charge is 0.247 e. The first kappa shape index (κ1) is 11.2. The predicted octanol–water partition coefficient (Wildman–Crippen LogP) is 4.86. The molecule has 0 fully saturated rings. The summed E-state index contributed by atoms with van der Waals surface area (Å²) in [5, 5.41) is 3.62. The number of rotatable bonds is 1. The Bertz CT molecular complexity index is 832. The number of nitrogens with zero attached hydrogens (tertiary/aromatic N) is 1. The minimum atomic E-state index is 0.915. The van der Waals surface area contributed by atoms with E-state index in [0.717, 1.165) is 22.2 Å². The SMILES string of the molecule is [c]1cccc2ccc(-c3ccc4ccccc4c3)nc12. The normalized spacial score (nSPS) is 11.0. The van der Waals surface area contributed by atoms with Crippen LogP contribution in [-0.2, 0) is 0 Å². The summed E-state index contributed by atoms with van der Waals surface area (Å²) in [7, 11) is 0. The maximum atomic E-state index is 4.70. The summed E-state index contributed by atoms with van der Waals surface area (Å²) in [5.41, 5.74) is 3.05. The smallest absolute Gasteiger partial charge is 0.0788 e. The molecule has 3 aromatic carbocycles. The molecular weight excluding hydrogens is 242 g/mol. The van der Waals surface area contributed by atoms with Crippen molar-refractivity contribution in [2.75, 3.05) is 0 Å². The van der Waals surface area contributed by atoms with Crippen LogP contribution in [0.4, 0.5) is 0 Å². The first-order valence-corrected chi connectivity index (χ1v) is 6.67. The molecule has 20 heavy (non-hydrogen) atoms. The summed E-state index contributed by atoms with van der Waals surface area (Å²) in [4.78, 5) is 4.70. The number of aromatic nitrogens is 1. The third-order valence-electron chi connectivity index (χ3n) is 3.56. The van der Waals surface area contributed by atoms with Gasteiger partial charge in [-0.05, 0) is 22.9 Å². The molecule has 1 aromatic heterocycles. The van der Waals surface area contributed by atoms with Crippen molar-refractivity contribution in [1.29, 1.82) is 0 Å². The summed E-state index contributed by atoms with van der Waals surface area (Å²) in [5.74, 6) is 0. The van der Waals surface area contributed by atoms with Crippen LogP contribution in [0, 0.1) is 6.07 Å². The molecule has 0 bridgehead atoms. The highest BCUT2D eigenvalue weighted by Crippen LogP contribution is 2.24. The van der Waals surface area contributed by atoms with Gasteiger partial charge in [0.05, 0.1) is 11.2 Å². The second kappa shape index (κ2) is 4.46. The van der Waals surface area contributed by atoms with E-state index in [9.17, 15) is 0 Å². The molecule has 0 aliphatic rings. The van der Waals surface area contributed by atoms with Gasteiger partial charge < -0.3 is 0 Å². The van der Waals surface area contributed by atoms with E-state index in [1.165, 1.54) is 10.8 Å². The fraction of sp³-hybridized carbons (Fsp3) is 0. The molecule has 1 radical (unpaired) electrons. The van der Waals surface area contributed by atoms with E-state index >= 15 is 0 Å². The van der Waals surface area contributed by atoms with E-state index in [1.807, 2.05) is 12.1 Å². The standard InChI is InChI=1S/C19H12N/c1-2-7-16-13-17(10-9-14(16)5-1)19-12-11-15-6-3-4-8-18(15)20-19/h1-7,9-13H. The molecule has 0 amide bonds. The number of fused-ring (bicyclic) bond motifs is 2. The Labute approximate surface area is 117 Å². The zero-order chi connectivity index (χ0) is 13.4. The van der Waals surface area contributed by atoms with Gasteiger partial charge in [0.2, 0.25) is 0 Å². The van der Waals surface area contributed by atoms with Crippen molar-refractivity contribution in [1.82, 2.24) is 4.98 Å². The molecule has 0 unspecified atom stereocenters. The summed E-state index contributed by atoms with van der Waals surface area (Å²) in [6, 6.07) is 28.1.